The van der Waals surface area contributed by atoms with Gasteiger partial charge in [-0.25, -0.2) is 0 Å². The minimum Gasteiger partial charge on any atom is -0.461 e. The average Bonchev–Trinajstić information content (AvgIpc) is 2.35. The Balaban J connectivity index is 2.51. The molecule has 0 N–H and O–H groups in total. The fourth-order valence-corrected chi connectivity index (χ4v) is 2.27. The first-order valence-electron chi connectivity index (χ1n) is 7.19. The molecule has 1 rings (SSSR count). The lowest BCUT2D eigenvalue weighted by Crippen LogP contribution is -2.21. The fourth-order valence-electron chi connectivity index (χ4n) is 2.27. The second-order valence-electron chi connectivity index (χ2n) is 6.05. The summed E-state index contributed by atoms with van der Waals surface area (Å²) in [4.78, 5) is 12.2. The molecule has 0 aromatic heterocycles. The fraction of sp³-hybridized carbons (Fsp3) is 0.588. The zero-order chi connectivity index (χ0) is 14.3. The molecule has 0 aliphatic heterocycles. The summed E-state index contributed by atoms with van der Waals surface area (Å²) in [6.45, 7) is 8.98. The third-order valence-corrected chi connectivity index (χ3v) is 3.07. The highest BCUT2D eigenvalue weighted by Gasteiger charge is 2.22. The minimum atomic E-state index is -0.0498. The highest BCUT2D eigenvalue weighted by atomic mass is 16.5. The molecule has 1 aromatic rings. The molecule has 2 heteroatoms. The van der Waals surface area contributed by atoms with E-state index < -0.39 is 0 Å². The first-order valence-corrected chi connectivity index (χ1v) is 7.19. The van der Waals surface area contributed by atoms with E-state index in [2.05, 4.69) is 27.7 Å². The summed E-state index contributed by atoms with van der Waals surface area (Å²) in [7, 11) is 0. The average molecular weight is 262 g/mol. The lowest BCUT2D eigenvalue weighted by molar-refractivity contribution is -0.151. The summed E-state index contributed by atoms with van der Waals surface area (Å²) >= 11 is 0. The van der Waals surface area contributed by atoms with Crippen LogP contribution in [0.25, 0.3) is 0 Å². The van der Waals surface area contributed by atoms with Crippen molar-refractivity contribution in [3.05, 3.63) is 35.9 Å². The van der Waals surface area contributed by atoms with Gasteiger partial charge in [-0.2, -0.15) is 0 Å². The van der Waals surface area contributed by atoms with Gasteiger partial charge in [0.15, 0.2) is 0 Å². The van der Waals surface area contributed by atoms with Crippen LogP contribution in [-0.2, 0) is 16.1 Å². The molecule has 0 atom stereocenters. The van der Waals surface area contributed by atoms with Crippen molar-refractivity contribution in [2.24, 2.45) is 17.8 Å². The van der Waals surface area contributed by atoms with Crippen molar-refractivity contribution < 1.29 is 9.53 Å². The van der Waals surface area contributed by atoms with Crippen LogP contribution in [0.5, 0.6) is 0 Å². The predicted octanol–water partition coefficient (Wildman–Crippen LogP) is 4.44. The number of benzene rings is 1. The number of rotatable bonds is 7. The van der Waals surface area contributed by atoms with Crippen LogP contribution >= 0.6 is 0 Å². The molecule has 0 unspecified atom stereocenters. The summed E-state index contributed by atoms with van der Waals surface area (Å²) in [5.41, 5.74) is 1.05. The molecule has 0 heterocycles. The van der Waals surface area contributed by atoms with Gasteiger partial charge in [0.25, 0.3) is 0 Å². The van der Waals surface area contributed by atoms with Crippen LogP contribution in [0, 0.1) is 17.8 Å². The summed E-state index contributed by atoms with van der Waals surface area (Å²) in [6.07, 6.45) is 1.82. The molecule has 0 saturated carbocycles. The van der Waals surface area contributed by atoms with Gasteiger partial charge in [-0.3, -0.25) is 4.79 Å². The number of ether oxygens (including phenoxy) is 1. The smallest absolute Gasteiger partial charge is 0.309 e. The van der Waals surface area contributed by atoms with E-state index in [1.54, 1.807) is 0 Å². The standard InChI is InChI=1S/C17H26O2/c1-13(2)10-16(11-14(3)4)17(18)19-12-15-8-6-5-7-9-15/h5-9,13-14,16H,10-12H2,1-4H3. The van der Waals surface area contributed by atoms with Gasteiger partial charge in [0, 0.05) is 0 Å². The van der Waals surface area contributed by atoms with Crippen LogP contribution in [0.4, 0.5) is 0 Å². The van der Waals surface area contributed by atoms with Gasteiger partial charge in [-0.15, -0.1) is 0 Å². The Hall–Kier alpha value is -1.31. The maximum atomic E-state index is 12.2. The van der Waals surface area contributed by atoms with E-state index in [1.165, 1.54) is 0 Å². The molecule has 19 heavy (non-hydrogen) atoms. The van der Waals surface area contributed by atoms with Crippen molar-refractivity contribution in [2.75, 3.05) is 0 Å². The number of carbonyl (C=O) groups is 1. The van der Waals surface area contributed by atoms with Gasteiger partial charge in [-0.05, 0) is 30.2 Å². The van der Waals surface area contributed by atoms with Crippen molar-refractivity contribution in [3.8, 4) is 0 Å². The Morgan fingerprint density at radius 2 is 1.53 bits per heavy atom. The molecule has 0 saturated heterocycles. The summed E-state index contributed by atoms with van der Waals surface area (Å²) < 4.78 is 5.45. The van der Waals surface area contributed by atoms with Crippen molar-refractivity contribution in [1.82, 2.24) is 0 Å². The maximum Gasteiger partial charge on any atom is 0.309 e. The monoisotopic (exact) mass is 262 g/mol. The lowest BCUT2D eigenvalue weighted by atomic mass is 9.89. The van der Waals surface area contributed by atoms with Crippen molar-refractivity contribution in [2.45, 2.75) is 47.1 Å². The number of hydrogen-bond acceptors (Lipinski definition) is 2. The van der Waals surface area contributed by atoms with Gasteiger partial charge < -0.3 is 4.74 Å². The highest BCUT2D eigenvalue weighted by Crippen LogP contribution is 2.22. The zero-order valence-corrected chi connectivity index (χ0v) is 12.6. The van der Waals surface area contributed by atoms with E-state index >= 15 is 0 Å². The van der Waals surface area contributed by atoms with Gasteiger partial charge in [0.05, 0.1) is 5.92 Å². The molecule has 0 amide bonds. The molecule has 0 aliphatic carbocycles. The van der Waals surface area contributed by atoms with Crippen LogP contribution in [0.3, 0.4) is 0 Å². The van der Waals surface area contributed by atoms with E-state index in [4.69, 9.17) is 4.74 Å². The first kappa shape index (κ1) is 15.7. The van der Waals surface area contributed by atoms with E-state index in [9.17, 15) is 4.79 Å². The van der Waals surface area contributed by atoms with Gasteiger partial charge in [-0.1, -0.05) is 58.0 Å². The van der Waals surface area contributed by atoms with Crippen LogP contribution < -0.4 is 0 Å². The second kappa shape index (κ2) is 7.98. The van der Waals surface area contributed by atoms with Crippen molar-refractivity contribution >= 4 is 5.97 Å². The Morgan fingerprint density at radius 1 is 1.00 bits per heavy atom. The number of hydrogen-bond donors (Lipinski definition) is 0. The van der Waals surface area contributed by atoms with E-state index in [0.717, 1.165) is 18.4 Å². The third kappa shape index (κ3) is 6.42. The number of carbonyl (C=O) groups excluding carboxylic acids is 1. The lowest BCUT2D eigenvalue weighted by Gasteiger charge is -2.19. The molecule has 0 fully saturated rings. The quantitative estimate of drug-likeness (QED) is 0.679. The van der Waals surface area contributed by atoms with E-state index in [-0.39, 0.29) is 11.9 Å². The first-order chi connectivity index (χ1) is 8.99. The zero-order valence-electron chi connectivity index (χ0n) is 12.6. The molecule has 106 valence electrons. The Bertz CT molecular complexity index is 358. The molecule has 0 bridgehead atoms. The summed E-state index contributed by atoms with van der Waals surface area (Å²) in [5.74, 6) is 1.02. The van der Waals surface area contributed by atoms with Crippen molar-refractivity contribution in [3.63, 3.8) is 0 Å². The Kier molecular flexibility index (Phi) is 6.61. The van der Waals surface area contributed by atoms with E-state index in [1.807, 2.05) is 30.3 Å². The Labute approximate surface area is 117 Å². The van der Waals surface area contributed by atoms with Gasteiger partial charge in [0.2, 0.25) is 0 Å². The topological polar surface area (TPSA) is 26.3 Å². The molecule has 0 radical (unpaired) electrons. The van der Waals surface area contributed by atoms with E-state index in [0.29, 0.717) is 18.4 Å². The van der Waals surface area contributed by atoms with Crippen LogP contribution in [-0.4, -0.2) is 5.97 Å². The molecule has 2 nitrogen and oxygen atoms in total. The van der Waals surface area contributed by atoms with Crippen LogP contribution in [0.2, 0.25) is 0 Å². The highest BCUT2D eigenvalue weighted by molar-refractivity contribution is 5.72. The molecule has 0 spiro atoms. The molecule has 0 aliphatic rings. The molecular formula is C17H26O2. The third-order valence-electron chi connectivity index (χ3n) is 3.07. The van der Waals surface area contributed by atoms with Gasteiger partial charge >= 0.3 is 5.97 Å². The molecule has 1 aromatic carbocycles. The summed E-state index contributed by atoms with van der Waals surface area (Å²) in [6, 6.07) is 9.85. The largest absolute Gasteiger partial charge is 0.461 e. The van der Waals surface area contributed by atoms with Crippen LogP contribution in [0.15, 0.2) is 30.3 Å². The maximum absolute atomic E-state index is 12.2. The SMILES string of the molecule is CC(C)CC(CC(C)C)C(=O)OCc1ccccc1. The number of esters is 1. The second-order valence-corrected chi connectivity index (χ2v) is 6.05. The van der Waals surface area contributed by atoms with Crippen LogP contribution in [0.1, 0.15) is 46.1 Å². The summed E-state index contributed by atoms with van der Waals surface area (Å²) in [5, 5.41) is 0. The minimum absolute atomic E-state index is 0.0312. The van der Waals surface area contributed by atoms with Crippen molar-refractivity contribution in [1.29, 1.82) is 0 Å². The predicted molar refractivity (Wildman–Crippen MR) is 78.6 cm³/mol. The van der Waals surface area contributed by atoms with Gasteiger partial charge in [0.1, 0.15) is 6.61 Å². The Morgan fingerprint density at radius 3 is 2.00 bits per heavy atom. The normalized spacial score (nSPS) is 11.3. The molecular weight excluding hydrogens is 236 g/mol.